The number of fused-ring (bicyclic) bond motifs is 12. The van der Waals surface area contributed by atoms with Gasteiger partial charge in [0.25, 0.3) is 0 Å². The highest BCUT2D eigenvalue weighted by Gasteiger charge is 2.51. The average molecular weight is 776 g/mol. The van der Waals surface area contributed by atoms with Gasteiger partial charge in [0.2, 0.25) is 0 Å². The van der Waals surface area contributed by atoms with E-state index in [0.717, 1.165) is 39.0 Å². The van der Waals surface area contributed by atoms with E-state index < -0.39 is 5.41 Å². The zero-order chi connectivity index (χ0) is 40.1. The zero-order valence-electron chi connectivity index (χ0n) is 33.2. The Bertz CT molecular complexity index is 3530. The Kier molecular flexibility index (Phi) is 7.26. The van der Waals surface area contributed by atoms with Crippen LogP contribution in [0.3, 0.4) is 0 Å². The molecule has 1 aromatic heterocycles. The van der Waals surface area contributed by atoms with Gasteiger partial charge in [0.05, 0.1) is 11.1 Å². The van der Waals surface area contributed by atoms with Crippen LogP contribution in [0.2, 0.25) is 0 Å². The highest BCUT2D eigenvalue weighted by Crippen LogP contribution is 2.64. The molecule has 2 nitrogen and oxygen atoms in total. The van der Waals surface area contributed by atoms with E-state index in [0.29, 0.717) is 0 Å². The molecule has 0 saturated carbocycles. The number of para-hydroxylation sites is 2. The summed E-state index contributed by atoms with van der Waals surface area (Å²) in [5.74, 6) is 0. The fourth-order valence-corrected chi connectivity index (χ4v) is 10.8. The van der Waals surface area contributed by atoms with Gasteiger partial charge in [0.15, 0.2) is 5.58 Å². The minimum Gasteiger partial charge on any atom is -0.454 e. The van der Waals surface area contributed by atoms with Crippen molar-refractivity contribution in [3.8, 4) is 44.5 Å². The normalized spacial score (nSPS) is 14.6. The van der Waals surface area contributed by atoms with Crippen molar-refractivity contribution in [3.63, 3.8) is 0 Å². The quantitative estimate of drug-likeness (QED) is 0.173. The third-order valence-corrected chi connectivity index (χ3v) is 13.3. The van der Waals surface area contributed by atoms with Crippen LogP contribution in [-0.2, 0) is 5.41 Å². The first-order valence-corrected chi connectivity index (χ1v) is 21.1. The summed E-state index contributed by atoms with van der Waals surface area (Å²) in [5, 5.41) is 4.78. The molecule has 0 bridgehead atoms. The SMILES string of the molecule is c1ccc(-c2ccc(N(c3ccc4c(c3)C3(c5ccccc5-4)c4ccccc4-c4cccc5ccc(-c6ccccc6)c3c45)c3cccc4c3oc3ccccc34)cc2)cc1. The second-order valence-electron chi connectivity index (χ2n) is 16.3. The molecule has 1 spiro atoms. The van der Waals surface area contributed by atoms with Gasteiger partial charge in [-0.3, -0.25) is 0 Å². The van der Waals surface area contributed by atoms with Crippen molar-refractivity contribution in [1.29, 1.82) is 0 Å². The fourth-order valence-electron chi connectivity index (χ4n) is 10.8. The van der Waals surface area contributed by atoms with Crippen molar-refractivity contribution >= 4 is 49.8 Å². The number of furan rings is 1. The fraction of sp³-hybridized carbons (Fsp3) is 0.0169. The lowest BCUT2D eigenvalue weighted by molar-refractivity contribution is 0.669. The number of hydrogen-bond acceptors (Lipinski definition) is 2. The van der Waals surface area contributed by atoms with Gasteiger partial charge in [0.1, 0.15) is 5.58 Å². The highest BCUT2D eigenvalue weighted by molar-refractivity contribution is 6.12. The van der Waals surface area contributed by atoms with E-state index in [1.54, 1.807) is 0 Å². The predicted octanol–water partition coefficient (Wildman–Crippen LogP) is 15.9. The molecule has 61 heavy (non-hydrogen) atoms. The van der Waals surface area contributed by atoms with E-state index in [2.05, 4.69) is 223 Å². The summed E-state index contributed by atoms with van der Waals surface area (Å²) in [6.45, 7) is 0. The average Bonchev–Trinajstić information content (AvgIpc) is 3.86. The van der Waals surface area contributed by atoms with E-state index in [1.807, 2.05) is 6.07 Å². The minimum atomic E-state index is -0.619. The number of rotatable bonds is 5. The van der Waals surface area contributed by atoms with Crippen molar-refractivity contribution in [3.05, 3.63) is 247 Å². The molecular formula is C59H37NO. The first-order chi connectivity index (χ1) is 30.3. The van der Waals surface area contributed by atoms with Crippen LogP contribution in [0.1, 0.15) is 22.3 Å². The number of hydrogen-bond donors (Lipinski definition) is 0. The lowest BCUT2D eigenvalue weighted by Gasteiger charge is -2.41. The first kappa shape index (κ1) is 34.0. The van der Waals surface area contributed by atoms with E-state index in [1.165, 1.54) is 77.5 Å². The monoisotopic (exact) mass is 775 g/mol. The number of anilines is 3. The lowest BCUT2D eigenvalue weighted by atomic mass is 9.60. The van der Waals surface area contributed by atoms with Crippen molar-refractivity contribution < 1.29 is 4.42 Å². The summed E-state index contributed by atoms with van der Waals surface area (Å²) in [6.07, 6.45) is 0. The van der Waals surface area contributed by atoms with Crippen LogP contribution in [0.15, 0.2) is 229 Å². The lowest BCUT2D eigenvalue weighted by Crippen LogP contribution is -2.32. The van der Waals surface area contributed by atoms with E-state index in [9.17, 15) is 0 Å². The van der Waals surface area contributed by atoms with Crippen LogP contribution < -0.4 is 4.90 Å². The topological polar surface area (TPSA) is 16.4 Å². The molecule has 0 saturated heterocycles. The Morgan fingerprint density at radius 3 is 1.72 bits per heavy atom. The Balaban J connectivity index is 1.14. The standard InChI is InChI=1S/C59H37NO/c1-3-15-38(16-4-1)39-29-32-42(33-30-39)60(54-27-14-24-50-48-22-9-12-28-55(48)61-58(50)54)43-34-36-47-45-20-7-10-25-51(45)59(53(47)37-43)52-26-11-8-21-46(52)49-23-13-19-41-31-35-44(57(59)56(41)49)40-17-5-2-6-18-40/h1-37H. The van der Waals surface area contributed by atoms with Gasteiger partial charge in [-0.25, -0.2) is 0 Å². The summed E-state index contributed by atoms with van der Waals surface area (Å²) < 4.78 is 6.80. The molecule has 0 N–H and O–H groups in total. The van der Waals surface area contributed by atoms with Gasteiger partial charge in [-0.05, 0) is 114 Å². The summed E-state index contributed by atoms with van der Waals surface area (Å²) in [7, 11) is 0. The second-order valence-corrected chi connectivity index (χ2v) is 16.3. The van der Waals surface area contributed by atoms with Crippen LogP contribution in [0.4, 0.5) is 17.1 Å². The molecule has 1 heterocycles. The Hall–Kier alpha value is -7.94. The van der Waals surface area contributed by atoms with Gasteiger partial charge in [0, 0.05) is 22.1 Å². The first-order valence-electron chi connectivity index (χ1n) is 21.1. The maximum atomic E-state index is 6.80. The number of nitrogens with zero attached hydrogens (tertiary/aromatic N) is 1. The third-order valence-electron chi connectivity index (χ3n) is 13.3. The van der Waals surface area contributed by atoms with Crippen LogP contribution in [0, 0.1) is 0 Å². The maximum Gasteiger partial charge on any atom is 0.159 e. The molecule has 0 fully saturated rings. The predicted molar refractivity (Wildman–Crippen MR) is 253 cm³/mol. The van der Waals surface area contributed by atoms with Gasteiger partial charge >= 0.3 is 0 Å². The Morgan fingerprint density at radius 1 is 0.361 bits per heavy atom. The van der Waals surface area contributed by atoms with E-state index in [4.69, 9.17) is 4.42 Å². The summed E-state index contributed by atoms with van der Waals surface area (Å²) >= 11 is 0. The molecule has 0 aliphatic heterocycles. The Labute approximate surface area is 354 Å². The summed E-state index contributed by atoms with van der Waals surface area (Å²) in [4.78, 5) is 2.40. The molecule has 2 aliphatic rings. The maximum absolute atomic E-state index is 6.80. The van der Waals surface area contributed by atoms with Crippen molar-refractivity contribution in [2.24, 2.45) is 0 Å². The van der Waals surface area contributed by atoms with E-state index in [-0.39, 0.29) is 0 Å². The molecule has 2 heteroatoms. The summed E-state index contributed by atoms with van der Waals surface area (Å²) in [5.41, 5.74) is 19.4. The van der Waals surface area contributed by atoms with Gasteiger partial charge in [-0.15, -0.1) is 0 Å². The largest absolute Gasteiger partial charge is 0.454 e. The molecule has 0 amide bonds. The van der Waals surface area contributed by atoms with Crippen LogP contribution in [-0.4, -0.2) is 0 Å². The smallest absolute Gasteiger partial charge is 0.159 e. The zero-order valence-corrected chi connectivity index (χ0v) is 33.2. The van der Waals surface area contributed by atoms with Gasteiger partial charge < -0.3 is 9.32 Å². The Morgan fingerprint density at radius 2 is 0.934 bits per heavy atom. The molecule has 11 aromatic rings. The van der Waals surface area contributed by atoms with Crippen molar-refractivity contribution in [1.82, 2.24) is 0 Å². The van der Waals surface area contributed by atoms with Crippen LogP contribution in [0.25, 0.3) is 77.2 Å². The van der Waals surface area contributed by atoms with Crippen LogP contribution in [0.5, 0.6) is 0 Å². The molecule has 1 atom stereocenters. The highest BCUT2D eigenvalue weighted by atomic mass is 16.3. The molecule has 10 aromatic carbocycles. The molecule has 0 radical (unpaired) electrons. The molecule has 1 unspecified atom stereocenters. The second kappa shape index (κ2) is 13.0. The molecule has 13 rings (SSSR count). The number of benzene rings is 10. The molecule has 284 valence electrons. The van der Waals surface area contributed by atoms with Gasteiger partial charge in [-0.2, -0.15) is 0 Å². The third kappa shape index (κ3) is 4.79. The van der Waals surface area contributed by atoms with Gasteiger partial charge in [-0.1, -0.05) is 188 Å². The van der Waals surface area contributed by atoms with Crippen molar-refractivity contribution in [2.45, 2.75) is 5.41 Å². The molecular weight excluding hydrogens is 739 g/mol. The van der Waals surface area contributed by atoms with E-state index >= 15 is 0 Å². The minimum absolute atomic E-state index is 0.619. The van der Waals surface area contributed by atoms with Crippen molar-refractivity contribution in [2.75, 3.05) is 4.90 Å². The van der Waals surface area contributed by atoms with Crippen LogP contribution >= 0.6 is 0 Å². The molecule has 2 aliphatic carbocycles. The summed E-state index contributed by atoms with van der Waals surface area (Å²) in [6, 6.07) is 82.4.